The summed E-state index contributed by atoms with van der Waals surface area (Å²) >= 11 is 0. The van der Waals surface area contributed by atoms with E-state index in [4.69, 9.17) is 0 Å². The number of para-hydroxylation sites is 2. The van der Waals surface area contributed by atoms with Gasteiger partial charge in [0.05, 0.1) is 24.5 Å². The molecule has 1 aliphatic heterocycles. The molecular formula is C18H23N5O2. The maximum absolute atomic E-state index is 12.8. The standard InChI is InChI=1S/C18H23N5O2/c1-13(12-22-9-5-8-20-22)19-11-18(25)23-14(2)10-17(24)21-15-6-3-4-7-16(15)23/h3-9,13-14,19H,10-12H2,1-2H3,(H,21,24)/t13-,14-/m0/s1. The molecule has 3 rings (SSSR count). The fourth-order valence-corrected chi connectivity index (χ4v) is 3.07. The van der Waals surface area contributed by atoms with Gasteiger partial charge in [-0.2, -0.15) is 5.10 Å². The molecule has 0 saturated heterocycles. The molecule has 0 radical (unpaired) electrons. The van der Waals surface area contributed by atoms with Crippen LogP contribution < -0.4 is 15.5 Å². The summed E-state index contributed by atoms with van der Waals surface area (Å²) in [5, 5.41) is 10.3. The van der Waals surface area contributed by atoms with Crippen molar-refractivity contribution in [2.45, 2.75) is 38.9 Å². The Bertz CT molecular complexity index is 744. The molecule has 2 heterocycles. The molecule has 7 nitrogen and oxygen atoms in total. The minimum Gasteiger partial charge on any atom is -0.324 e. The molecule has 0 unspecified atom stereocenters. The molecule has 0 saturated carbocycles. The maximum Gasteiger partial charge on any atom is 0.241 e. The smallest absolute Gasteiger partial charge is 0.241 e. The third kappa shape index (κ3) is 4.06. The second kappa shape index (κ2) is 7.48. The van der Waals surface area contributed by atoms with Gasteiger partial charge in [0.15, 0.2) is 0 Å². The lowest BCUT2D eigenvalue weighted by molar-refractivity contribution is -0.118. The Morgan fingerprint density at radius 3 is 2.96 bits per heavy atom. The van der Waals surface area contributed by atoms with E-state index >= 15 is 0 Å². The van der Waals surface area contributed by atoms with E-state index in [-0.39, 0.29) is 36.9 Å². The number of rotatable bonds is 5. The highest BCUT2D eigenvalue weighted by Gasteiger charge is 2.29. The van der Waals surface area contributed by atoms with E-state index in [1.54, 1.807) is 11.1 Å². The van der Waals surface area contributed by atoms with Crippen molar-refractivity contribution in [1.82, 2.24) is 15.1 Å². The molecule has 1 aliphatic rings. The van der Waals surface area contributed by atoms with Crippen LogP contribution in [0.3, 0.4) is 0 Å². The monoisotopic (exact) mass is 341 g/mol. The number of nitrogens with zero attached hydrogens (tertiary/aromatic N) is 3. The summed E-state index contributed by atoms with van der Waals surface area (Å²) in [4.78, 5) is 26.5. The SMILES string of the molecule is C[C@@H](Cn1cccn1)NCC(=O)N1c2ccccc2NC(=O)C[C@@H]1C. The summed E-state index contributed by atoms with van der Waals surface area (Å²) in [6.07, 6.45) is 3.91. The van der Waals surface area contributed by atoms with Crippen LogP contribution in [-0.4, -0.2) is 40.2 Å². The van der Waals surface area contributed by atoms with Crippen LogP contribution in [0, 0.1) is 0 Å². The highest BCUT2D eigenvalue weighted by atomic mass is 16.2. The summed E-state index contributed by atoms with van der Waals surface area (Å²) < 4.78 is 1.83. The zero-order valence-electron chi connectivity index (χ0n) is 14.5. The number of amides is 2. The molecule has 0 fully saturated rings. The second-order valence-corrected chi connectivity index (χ2v) is 6.39. The van der Waals surface area contributed by atoms with Gasteiger partial charge in [0.1, 0.15) is 0 Å². The molecule has 1 aromatic carbocycles. The molecule has 2 aromatic rings. The van der Waals surface area contributed by atoms with Gasteiger partial charge >= 0.3 is 0 Å². The van der Waals surface area contributed by atoms with Crippen molar-refractivity contribution in [1.29, 1.82) is 0 Å². The van der Waals surface area contributed by atoms with E-state index in [9.17, 15) is 9.59 Å². The third-order valence-corrected chi connectivity index (χ3v) is 4.25. The molecule has 2 N–H and O–H groups in total. The van der Waals surface area contributed by atoms with E-state index in [1.807, 2.05) is 55.1 Å². The lowest BCUT2D eigenvalue weighted by atomic mass is 10.1. The first-order chi connectivity index (χ1) is 12.0. The number of hydrogen-bond donors (Lipinski definition) is 2. The first-order valence-corrected chi connectivity index (χ1v) is 8.46. The molecule has 0 spiro atoms. The molecular weight excluding hydrogens is 318 g/mol. The molecule has 0 aliphatic carbocycles. The highest BCUT2D eigenvalue weighted by Crippen LogP contribution is 2.31. The zero-order chi connectivity index (χ0) is 17.8. The summed E-state index contributed by atoms with van der Waals surface area (Å²) in [6, 6.07) is 9.18. The van der Waals surface area contributed by atoms with Crippen molar-refractivity contribution in [2.24, 2.45) is 0 Å². The number of anilines is 2. The first kappa shape index (κ1) is 17.2. The van der Waals surface area contributed by atoms with Gasteiger partial charge < -0.3 is 15.5 Å². The van der Waals surface area contributed by atoms with Gasteiger partial charge in [-0.1, -0.05) is 12.1 Å². The average Bonchev–Trinajstić information content (AvgIpc) is 3.03. The van der Waals surface area contributed by atoms with E-state index in [2.05, 4.69) is 15.7 Å². The van der Waals surface area contributed by atoms with E-state index < -0.39 is 0 Å². The lowest BCUT2D eigenvalue weighted by Gasteiger charge is -2.28. The largest absolute Gasteiger partial charge is 0.324 e. The van der Waals surface area contributed by atoms with Gasteiger partial charge in [0.2, 0.25) is 11.8 Å². The Hall–Kier alpha value is -2.67. The lowest BCUT2D eigenvalue weighted by Crippen LogP contribution is -2.46. The topological polar surface area (TPSA) is 79.3 Å². The van der Waals surface area contributed by atoms with Crippen LogP contribution in [0.1, 0.15) is 20.3 Å². The van der Waals surface area contributed by atoms with Gasteiger partial charge in [-0.25, -0.2) is 0 Å². The molecule has 132 valence electrons. The van der Waals surface area contributed by atoms with Crippen molar-refractivity contribution < 1.29 is 9.59 Å². The van der Waals surface area contributed by atoms with Crippen molar-refractivity contribution in [2.75, 3.05) is 16.8 Å². The number of carbonyl (C=O) groups excluding carboxylic acids is 2. The number of nitrogens with one attached hydrogen (secondary N) is 2. The minimum absolute atomic E-state index is 0.0521. The summed E-state index contributed by atoms with van der Waals surface area (Å²) in [6.45, 7) is 4.80. The Labute approximate surface area is 147 Å². The van der Waals surface area contributed by atoms with Crippen molar-refractivity contribution >= 4 is 23.2 Å². The minimum atomic E-state index is -0.195. The fraction of sp³-hybridized carbons (Fsp3) is 0.389. The maximum atomic E-state index is 12.8. The van der Waals surface area contributed by atoms with Crippen LogP contribution in [-0.2, 0) is 16.1 Å². The van der Waals surface area contributed by atoms with E-state index in [1.165, 1.54) is 0 Å². The molecule has 2 amide bonds. The Morgan fingerprint density at radius 2 is 2.20 bits per heavy atom. The third-order valence-electron chi connectivity index (χ3n) is 4.25. The molecule has 2 atom stereocenters. The van der Waals surface area contributed by atoms with Crippen molar-refractivity contribution in [3.05, 3.63) is 42.7 Å². The predicted molar refractivity (Wildman–Crippen MR) is 96.3 cm³/mol. The summed E-state index contributed by atoms with van der Waals surface area (Å²) in [7, 11) is 0. The zero-order valence-corrected chi connectivity index (χ0v) is 14.5. The van der Waals surface area contributed by atoms with Crippen molar-refractivity contribution in [3.8, 4) is 0 Å². The van der Waals surface area contributed by atoms with Crippen LogP contribution >= 0.6 is 0 Å². The van der Waals surface area contributed by atoms with Crippen LogP contribution in [0.5, 0.6) is 0 Å². The Balaban J connectivity index is 1.69. The number of hydrogen-bond acceptors (Lipinski definition) is 4. The average molecular weight is 341 g/mol. The van der Waals surface area contributed by atoms with Gasteiger partial charge in [-0.3, -0.25) is 14.3 Å². The molecule has 7 heteroatoms. The van der Waals surface area contributed by atoms with Crippen LogP contribution in [0.15, 0.2) is 42.7 Å². The summed E-state index contributed by atoms with van der Waals surface area (Å²) in [5.74, 6) is -0.126. The van der Waals surface area contributed by atoms with Gasteiger partial charge in [-0.05, 0) is 32.0 Å². The van der Waals surface area contributed by atoms with Gasteiger partial charge in [-0.15, -0.1) is 0 Å². The number of fused-ring (bicyclic) bond motifs is 1. The molecule has 0 bridgehead atoms. The van der Waals surface area contributed by atoms with Crippen molar-refractivity contribution in [3.63, 3.8) is 0 Å². The highest BCUT2D eigenvalue weighted by molar-refractivity contribution is 6.04. The predicted octanol–water partition coefficient (Wildman–Crippen LogP) is 1.63. The van der Waals surface area contributed by atoms with Gasteiger partial charge in [0.25, 0.3) is 0 Å². The number of aromatic nitrogens is 2. The van der Waals surface area contributed by atoms with E-state index in [0.29, 0.717) is 12.2 Å². The summed E-state index contributed by atoms with van der Waals surface area (Å²) in [5.41, 5.74) is 1.42. The van der Waals surface area contributed by atoms with Crippen LogP contribution in [0.2, 0.25) is 0 Å². The normalized spacial score (nSPS) is 18.2. The van der Waals surface area contributed by atoms with E-state index in [0.717, 1.165) is 5.69 Å². The first-order valence-electron chi connectivity index (χ1n) is 8.46. The Kier molecular flexibility index (Phi) is 5.14. The number of carbonyl (C=O) groups is 2. The van der Waals surface area contributed by atoms with Crippen LogP contribution in [0.25, 0.3) is 0 Å². The number of benzene rings is 1. The molecule has 1 aromatic heterocycles. The molecule has 25 heavy (non-hydrogen) atoms. The second-order valence-electron chi connectivity index (χ2n) is 6.39. The fourth-order valence-electron chi connectivity index (χ4n) is 3.07. The quantitative estimate of drug-likeness (QED) is 0.866. The Morgan fingerprint density at radius 1 is 1.40 bits per heavy atom. The van der Waals surface area contributed by atoms with Gasteiger partial charge in [0, 0.05) is 30.9 Å². The van der Waals surface area contributed by atoms with Crippen LogP contribution in [0.4, 0.5) is 11.4 Å².